The number of anilines is 3. The molecule has 0 aromatic heterocycles. The van der Waals surface area contributed by atoms with Crippen LogP contribution in [-0.4, -0.2) is 19.1 Å². The first-order valence-electron chi connectivity index (χ1n) is 9.24. The lowest BCUT2D eigenvalue weighted by molar-refractivity contribution is 0.339. The molecule has 1 aliphatic heterocycles. The molecule has 2 aliphatic rings. The van der Waals surface area contributed by atoms with Crippen molar-refractivity contribution in [2.24, 2.45) is 11.7 Å². The van der Waals surface area contributed by atoms with E-state index in [4.69, 9.17) is 5.73 Å². The average molecular weight is 321 g/mol. The van der Waals surface area contributed by atoms with Crippen molar-refractivity contribution in [1.82, 2.24) is 0 Å². The minimum atomic E-state index is 0.434. The third-order valence-corrected chi connectivity index (χ3v) is 5.55. The average Bonchev–Trinajstić information content (AvgIpc) is 3.06. The third kappa shape index (κ3) is 3.27. The zero-order chi connectivity index (χ0) is 16.4. The predicted octanol–water partition coefficient (Wildman–Crippen LogP) is 4.31. The van der Waals surface area contributed by atoms with E-state index in [1.165, 1.54) is 48.3 Å². The van der Waals surface area contributed by atoms with Crippen LogP contribution >= 0.6 is 0 Å². The van der Waals surface area contributed by atoms with E-state index in [1.807, 2.05) is 0 Å². The zero-order valence-corrected chi connectivity index (χ0v) is 14.2. The largest absolute Gasteiger partial charge is 0.385 e. The zero-order valence-electron chi connectivity index (χ0n) is 14.2. The maximum atomic E-state index is 5.99. The van der Waals surface area contributed by atoms with E-state index in [2.05, 4.69) is 58.7 Å². The van der Waals surface area contributed by atoms with E-state index >= 15 is 0 Å². The molecule has 24 heavy (non-hydrogen) atoms. The molecular formula is C21H27N3. The van der Waals surface area contributed by atoms with Gasteiger partial charge in [-0.2, -0.15) is 0 Å². The normalized spacial score (nSPS) is 23.1. The Morgan fingerprint density at radius 3 is 2.50 bits per heavy atom. The highest BCUT2D eigenvalue weighted by Crippen LogP contribution is 2.34. The first kappa shape index (κ1) is 15.5. The Labute approximate surface area is 144 Å². The lowest BCUT2D eigenvalue weighted by atomic mass is 9.86. The molecule has 0 unspecified atom stereocenters. The van der Waals surface area contributed by atoms with Gasteiger partial charge in [0, 0.05) is 36.2 Å². The number of nitrogens with one attached hydrogen (secondary N) is 1. The van der Waals surface area contributed by atoms with Crippen molar-refractivity contribution >= 4 is 17.1 Å². The van der Waals surface area contributed by atoms with Gasteiger partial charge in [-0.25, -0.2) is 0 Å². The molecule has 0 saturated heterocycles. The number of nitrogens with zero attached hydrogens (tertiary/aromatic N) is 1. The number of benzene rings is 2. The molecule has 3 nitrogen and oxygen atoms in total. The van der Waals surface area contributed by atoms with Crippen LogP contribution in [0.5, 0.6) is 0 Å². The summed E-state index contributed by atoms with van der Waals surface area (Å²) < 4.78 is 0. The molecule has 3 heteroatoms. The van der Waals surface area contributed by atoms with Gasteiger partial charge in [-0.05, 0) is 73.9 Å². The van der Waals surface area contributed by atoms with Gasteiger partial charge in [0.2, 0.25) is 0 Å². The second kappa shape index (κ2) is 6.86. The predicted molar refractivity (Wildman–Crippen MR) is 102 cm³/mol. The fourth-order valence-electron chi connectivity index (χ4n) is 4.02. The van der Waals surface area contributed by atoms with E-state index in [9.17, 15) is 0 Å². The molecule has 4 rings (SSSR count). The maximum Gasteiger partial charge on any atom is 0.0444 e. The van der Waals surface area contributed by atoms with Gasteiger partial charge in [-0.3, -0.25) is 0 Å². The summed E-state index contributed by atoms with van der Waals surface area (Å²) in [4.78, 5) is 2.42. The Morgan fingerprint density at radius 2 is 1.71 bits per heavy atom. The molecular weight excluding hydrogens is 294 g/mol. The molecule has 2 aromatic rings. The molecule has 0 bridgehead atoms. The van der Waals surface area contributed by atoms with Crippen molar-refractivity contribution in [1.29, 1.82) is 0 Å². The van der Waals surface area contributed by atoms with Gasteiger partial charge in [0.25, 0.3) is 0 Å². The van der Waals surface area contributed by atoms with Crippen LogP contribution < -0.4 is 16.0 Å². The number of para-hydroxylation sites is 1. The standard InChI is InChI=1S/C21H27N3/c22-18-7-5-16(6-8-18)15-23-19-9-11-20(12-10-19)24-14-13-17-3-1-2-4-21(17)24/h1-4,9-12,16,18,23H,5-8,13-15,22H2/t16-,18-. The van der Waals surface area contributed by atoms with Crippen LogP contribution in [0.4, 0.5) is 17.1 Å². The molecule has 126 valence electrons. The van der Waals surface area contributed by atoms with Gasteiger partial charge in [0.1, 0.15) is 0 Å². The summed E-state index contributed by atoms with van der Waals surface area (Å²) in [6.07, 6.45) is 6.02. The number of rotatable bonds is 4. The summed E-state index contributed by atoms with van der Waals surface area (Å²) in [7, 11) is 0. The summed E-state index contributed by atoms with van der Waals surface area (Å²) in [6.45, 7) is 2.15. The first-order valence-corrected chi connectivity index (χ1v) is 9.24. The molecule has 1 saturated carbocycles. The Bertz CT molecular complexity index is 672. The second-order valence-electron chi connectivity index (χ2n) is 7.24. The van der Waals surface area contributed by atoms with Crippen molar-refractivity contribution in [3.63, 3.8) is 0 Å². The third-order valence-electron chi connectivity index (χ3n) is 5.55. The smallest absolute Gasteiger partial charge is 0.0444 e. The van der Waals surface area contributed by atoms with Gasteiger partial charge in [0.05, 0.1) is 0 Å². The molecule has 1 aliphatic carbocycles. The summed E-state index contributed by atoms with van der Waals surface area (Å²) >= 11 is 0. The highest BCUT2D eigenvalue weighted by Gasteiger charge is 2.20. The molecule has 0 spiro atoms. The lowest BCUT2D eigenvalue weighted by Crippen LogP contribution is -2.29. The molecule has 0 amide bonds. The highest BCUT2D eigenvalue weighted by molar-refractivity contribution is 5.70. The van der Waals surface area contributed by atoms with Crippen LogP contribution in [0, 0.1) is 5.92 Å². The Kier molecular flexibility index (Phi) is 4.44. The van der Waals surface area contributed by atoms with E-state index in [1.54, 1.807) is 0 Å². The Balaban J connectivity index is 1.37. The van der Waals surface area contributed by atoms with E-state index in [0.29, 0.717) is 6.04 Å². The topological polar surface area (TPSA) is 41.3 Å². The molecule has 1 fully saturated rings. The Hall–Kier alpha value is -2.00. The van der Waals surface area contributed by atoms with Crippen LogP contribution in [0.25, 0.3) is 0 Å². The van der Waals surface area contributed by atoms with Gasteiger partial charge in [-0.15, -0.1) is 0 Å². The number of hydrogen-bond acceptors (Lipinski definition) is 3. The van der Waals surface area contributed by atoms with E-state index < -0.39 is 0 Å². The van der Waals surface area contributed by atoms with Crippen LogP contribution in [0.3, 0.4) is 0 Å². The fraction of sp³-hybridized carbons (Fsp3) is 0.429. The highest BCUT2D eigenvalue weighted by atomic mass is 15.2. The number of hydrogen-bond donors (Lipinski definition) is 2. The van der Waals surface area contributed by atoms with Crippen molar-refractivity contribution < 1.29 is 0 Å². The number of nitrogens with two attached hydrogens (primary N) is 1. The molecule has 0 atom stereocenters. The fourth-order valence-corrected chi connectivity index (χ4v) is 4.02. The minimum Gasteiger partial charge on any atom is -0.385 e. The van der Waals surface area contributed by atoms with Crippen LogP contribution in [-0.2, 0) is 6.42 Å². The summed E-state index contributed by atoms with van der Waals surface area (Å²) in [5, 5.41) is 3.61. The van der Waals surface area contributed by atoms with Gasteiger partial charge < -0.3 is 16.0 Å². The van der Waals surface area contributed by atoms with Gasteiger partial charge in [-0.1, -0.05) is 18.2 Å². The number of fused-ring (bicyclic) bond motifs is 1. The minimum absolute atomic E-state index is 0.434. The van der Waals surface area contributed by atoms with E-state index in [-0.39, 0.29) is 0 Å². The van der Waals surface area contributed by atoms with Crippen molar-refractivity contribution in [2.45, 2.75) is 38.1 Å². The van der Waals surface area contributed by atoms with Crippen LogP contribution in [0.1, 0.15) is 31.2 Å². The lowest BCUT2D eigenvalue weighted by Gasteiger charge is -2.26. The van der Waals surface area contributed by atoms with Crippen LogP contribution in [0.2, 0.25) is 0 Å². The Morgan fingerprint density at radius 1 is 0.958 bits per heavy atom. The van der Waals surface area contributed by atoms with Crippen LogP contribution in [0.15, 0.2) is 48.5 Å². The van der Waals surface area contributed by atoms with Crippen molar-refractivity contribution in [2.75, 3.05) is 23.3 Å². The van der Waals surface area contributed by atoms with Gasteiger partial charge in [0.15, 0.2) is 0 Å². The summed E-state index contributed by atoms with van der Waals surface area (Å²) in [5.41, 5.74) is 11.3. The quantitative estimate of drug-likeness (QED) is 0.881. The second-order valence-corrected chi connectivity index (χ2v) is 7.24. The summed E-state index contributed by atoms with van der Waals surface area (Å²) in [5.74, 6) is 0.773. The first-order chi connectivity index (χ1) is 11.8. The van der Waals surface area contributed by atoms with E-state index in [0.717, 1.165) is 25.4 Å². The SMILES string of the molecule is N[C@H]1CC[C@H](CNc2ccc(N3CCc4ccccc43)cc2)CC1. The summed E-state index contributed by atoms with van der Waals surface area (Å²) in [6, 6.07) is 18.1. The molecule has 0 radical (unpaired) electrons. The molecule has 3 N–H and O–H groups in total. The molecule has 1 heterocycles. The molecule has 2 aromatic carbocycles. The van der Waals surface area contributed by atoms with Crippen molar-refractivity contribution in [3.05, 3.63) is 54.1 Å². The van der Waals surface area contributed by atoms with Gasteiger partial charge >= 0.3 is 0 Å². The maximum absolute atomic E-state index is 5.99. The van der Waals surface area contributed by atoms with Crippen molar-refractivity contribution in [3.8, 4) is 0 Å². The monoisotopic (exact) mass is 321 g/mol.